The minimum absolute atomic E-state index is 0.230. The van der Waals surface area contributed by atoms with Gasteiger partial charge in [0, 0.05) is 0 Å². The summed E-state index contributed by atoms with van der Waals surface area (Å²) < 4.78 is 0. The molecule has 3 atom stereocenters. The maximum atomic E-state index is 13.8. The number of aryl methyl sites for hydroxylation is 1. The topological polar surface area (TPSA) is 49.9 Å². The van der Waals surface area contributed by atoms with Crippen LogP contribution in [0.3, 0.4) is 0 Å². The Morgan fingerprint density at radius 2 is 1.42 bits per heavy atom. The van der Waals surface area contributed by atoms with Crippen molar-refractivity contribution in [3.63, 3.8) is 0 Å². The molecule has 0 N–H and O–H groups in total. The van der Waals surface area contributed by atoms with Gasteiger partial charge in [-0.25, -0.2) is 9.96 Å². The average Bonchev–Trinajstić information content (AvgIpc) is 3.35. The number of fused-ring (bicyclic) bond motifs is 2. The first-order chi connectivity index (χ1) is 16.1. The number of carbonyl (C=O) groups is 2. The van der Waals surface area contributed by atoms with Crippen LogP contribution in [0.4, 0.5) is 11.4 Å². The number of para-hydroxylation sites is 1. The molecule has 162 valence electrons. The molecule has 33 heavy (non-hydrogen) atoms. The average molecular weight is 434 g/mol. The van der Waals surface area contributed by atoms with E-state index in [1.54, 1.807) is 11.1 Å². The van der Waals surface area contributed by atoms with Gasteiger partial charge < -0.3 is 0 Å². The minimum atomic E-state index is -0.873. The van der Waals surface area contributed by atoms with Crippen molar-refractivity contribution >= 4 is 34.0 Å². The molecular formula is C28H22N2O3. The highest BCUT2D eigenvalue weighted by molar-refractivity contribution is 6.24. The van der Waals surface area contributed by atoms with Crippen LogP contribution in [0.15, 0.2) is 97.1 Å². The Kier molecular flexibility index (Phi) is 4.52. The van der Waals surface area contributed by atoms with Crippen LogP contribution in [0.5, 0.6) is 0 Å². The number of imide groups is 1. The van der Waals surface area contributed by atoms with Crippen molar-refractivity contribution in [2.24, 2.45) is 5.92 Å². The van der Waals surface area contributed by atoms with Crippen molar-refractivity contribution in [3.05, 3.63) is 108 Å². The molecule has 4 aromatic rings. The molecule has 2 aliphatic heterocycles. The lowest BCUT2D eigenvalue weighted by Gasteiger charge is -2.29. The highest BCUT2D eigenvalue weighted by Crippen LogP contribution is 2.48. The van der Waals surface area contributed by atoms with Gasteiger partial charge in [-0.2, -0.15) is 0 Å². The van der Waals surface area contributed by atoms with Crippen LogP contribution in [0, 0.1) is 12.8 Å². The lowest BCUT2D eigenvalue weighted by atomic mass is 9.87. The van der Waals surface area contributed by atoms with Crippen LogP contribution in [0.25, 0.3) is 10.8 Å². The van der Waals surface area contributed by atoms with E-state index >= 15 is 0 Å². The molecule has 0 radical (unpaired) electrons. The molecule has 0 aliphatic carbocycles. The van der Waals surface area contributed by atoms with E-state index in [9.17, 15) is 9.59 Å². The quantitative estimate of drug-likeness (QED) is 0.416. The Bertz CT molecular complexity index is 1380. The number of carbonyl (C=O) groups excluding carboxylic acids is 2. The highest BCUT2D eigenvalue weighted by atomic mass is 16.7. The molecule has 2 amide bonds. The Labute approximate surface area is 191 Å². The van der Waals surface area contributed by atoms with Gasteiger partial charge in [-0.15, -0.1) is 0 Å². The molecule has 6 rings (SSSR count). The summed E-state index contributed by atoms with van der Waals surface area (Å²) in [7, 11) is 0. The van der Waals surface area contributed by atoms with Crippen LogP contribution < -0.4 is 9.96 Å². The summed E-state index contributed by atoms with van der Waals surface area (Å²) in [5.41, 5.74) is 3.36. The summed E-state index contributed by atoms with van der Waals surface area (Å²) in [5.74, 6) is -1.20. The third kappa shape index (κ3) is 3.04. The maximum Gasteiger partial charge on any atom is 0.266 e. The third-order valence-electron chi connectivity index (χ3n) is 6.53. The van der Waals surface area contributed by atoms with E-state index in [0.717, 1.165) is 27.6 Å². The van der Waals surface area contributed by atoms with Gasteiger partial charge in [-0.05, 0) is 53.1 Å². The number of hydrogen-bond donors (Lipinski definition) is 0. The fraction of sp³-hybridized carbons (Fsp3) is 0.143. The maximum absolute atomic E-state index is 13.8. The van der Waals surface area contributed by atoms with E-state index < -0.39 is 18.1 Å². The molecule has 2 aliphatic rings. The van der Waals surface area contributed by atoms with Gasteiger partial charge in [0.05, 0.1) is 17.4 Å². The van der Waals surface area contributed by atoms with Crippen molar-refractivity contribution in [3.8, 4) is 0 Å². The first-order valence-electron chi connectivity index (χ1n) is 11.1. The molecular weight excluding hydrogens is 412 g/mol. The smallest absolute Gasteiger partial charge is 0.266 e. The molecule has 2 saturated heterocycles. The summed E-state index contributed by atoms with van der Waals surface area (Å²) in [6.07, 6.45) is -0.873. The van der Waals surface area contributed by atoms with E-state index in [-0.39, 0.29) is 11.8 Å². The first-order valence-corrected chi connectivity index (χ1v) is 11.1. The lowest BCUT2D eigenvalue weighted by Crippen LogP contribution is -2.37. The van der Waals surface area contributed by atoms with Crippen molar-refractivity contribution in [2.45, 2.75) is 19.1 Å². The van der Waals surface area contributed by atoms with Gasteiger partial charge in [0.15, 0.2) is 6.10 Å². The van der Waals surface area contributed by atoms with Crippen LogP contribution in [0.2, 0.25) is 0 Å². The predicted octanol–water partition coefficient (Wildman–Crippen LogP) is 5.20. The lowest BCUT2D eigenvalue weighted by molar-refractivity contribution is -0.126. The second-order valence-electron chi connectivity index (χ2n) is 8.58. The van der Waals surface area contributed by atoms with Crippen molar-refractivity contribution in [2.75, 3.05) is 9.96 Å². The van der Waals surface area contributed by atoms with E-state index in [2.05, 4.69) is 18.2 Å². The number of hydroxylamine groups is 1. The van der Waals surface area contributed by atoms with Gasteiger partial charge in [-0.1, -0.05) is 72.8 Å². The molecule has 0 unspecified atom stereocenters. The van der Waals surface area contributed by atoms with Crippen molar-refractivity contribution in [1.29, 1.82) is 0 Å². The zero-order valence-corrected chi connectivity index (χ0v) is 18.1. The van der Waals surface area contributed by atoms with Crippen LogP contribution in [-0.4, -0.2) is 17.9 Å². The Hall–Kier alpha value is -3.96. The van der Waals surface area contributed by atoms with Crippen molar-refractivity contribution < 1.29 is 14.4 Å². The summed E-state index contributed by atoms with van der Waals surface area (Å²) in [6, 6.07) is 30.9. The van der Waals surface area contributed by atoms with Crippen LogP contribution in [0.1, 0.15) is 17.2 Å². The molecule has 4 aromatic carbocycles. The fourth-order valence-electron chi connectivity index (χ4n) is 5.06. The third-order valence-corrected chi connectivity index (χ3v) is 6.53. The molecule has 0 aromatic heterocycles. The Morgan fingerprint density at radius 1 is 0.727 bits per heavy atom. The number of nitrogens with zero attached hydrogens (tertiary/aromatic N) is 2. The van der Waals surface area contributed by atoms with Gasteiger partial charge in [-0.3, -0.25) is 14.4 Å². The normalized spacial score (nSPS) is 22.3. The molecule has 5 heteroatoms. The fourth-order valence-corrected chi connectivity index (χ4v) is 5.06. The largest absolute Gasteiger partial charge is 0.273 e. The molecule has 0 spiro atoms. The number of hydrogen-bond acceptors (Lipinski definition) is 4. The number of amides is 2. The number of rotatable bonds is 3. The van der Waals surface area contributed by atoms with Gasteiger partial charge in [0.25, 0.3) is 5.91 Å². The molecule has 0 bridgehead atoms. The monoisotopic (exact) mass is 434 g/mol. The molecule has 2 heterocycles. The summed E-state index contributed by atoms with van der Waals surface area (Å²) in [4.78, 5) is 34.9. The standard InChI is InChI=1S/C28H22N2O3/c1-18-9-7-14-21(17-18)29-27(31)24-25(23-16-8-11-19-10-5-6-15-22(19)23)30(33-26(24)28(29)32)20-12-3-2-4-13-20/h2-17,24-26H,1H3/t24-,25-,26-/m0/s1. The second kappa shape index (κ2) is 7.57. The van der Waals surface area contributed by atoms with E-state index in [0.29, 0.717) is 5.69 Å². The zero-order valence-electron chi connectivity index (χ0n) is 18.1. The van der Waals surface area contributed by atoms with Crippen LogP contribution in [-0.2, 0) is 14.4 Å². The van der Waals surface area contributed by atoms with E-state index in [4.69, 9.17) is 4.84 Å². The highest BCUT2D eigenvalue weighted by Gasteiger charge is 2.60. The molecule has 5 nitrogen and oxygen atoms in total. The van der Waals surface area contributed by atoms with Gasteiger partial charge in [0.1, 0.15) is 5.92 Å². The van der Waals surface area contributed by atoms with E-state index in [1.165, 1.54) is 4.90 Å². The van der Waals surface area contributed by atoms with E-state index in [1.807, 2.05) is 79.7 Å². The number of anilines is 2. The van der Waals surface area contributed by atoms with Crippen molar-refractivity contribution in [1.82, 2.24) is 0 Å². The second-order valence-corrected chi connectivity index (χ2v) is 8.58. The van der Waals surface area contributed by atoms with Crippen LogP contribution >= 0.6 is 0 Å². The van der Waals surface area contributed by atoms with Gasteiger partial charge >= 0.3 is 0 Å². The zero-order chi connectivity index (χ0) is 22.5. The number of benzene rings is 4. The summed E-state index contributed by atoms with van der Waals surface area (Å²) in [5, 5.41) is 3.88. The van der Waals surface area contributed by atoms with Gasteiger partial charge in [0.2, 0.25) is 5.91 Å². The first kappa shape index (κ1) is 19.7. The Balaban J connectivity index is 1.51. The summed E-state index contributed by atoms with van der Waals surface area (Å²) in [6.45, 7) is 1.95. The predicted molar refractivity (Wildman–Crippen MR) is 128 cm³/mol. The molecule has 0 saturated carbocycles. The summed E-state index contributed by atoms with van der Waals surface area (Å²) >= 11 is 0. The molecule has 2 fully saturated rings. The Morgan fingerprint density at radius 3 is 2.24 bits per heavy atom. The minimum Gasteiger partial charge on any atom is -0.273 e. The SMILES string of the molecule is Cc1cccc(N2C(=O)[C@@H]3[C@H](ON(c4ccccc4)[C@H]3c3cccc4ccccc34)C2=O)c1.